The van der Waals surface area contributed by atoms with Crippen LogP contribution in [0, 0.1) is 0 Å². The third-order valence-corrected chi connectivity index (χ3v) is 6.20. The molecule has 1 saturated heterocycles. The molecule has 4 rings (SSSR count). The minimum Gasteiger partial charge on any atom is -0.467 e. The highest BCUT2D eigenvalue weighted by Gasteiger charge is 2.29. The molecule has 4 heterocycles. The molecule has 0 aliphatic carbocycles. The van der Waals surface area contributed by atoms with E-state index in [0.29, 0.717) is 36.1 Å². The second-order valence-corrected chi connectivity index (χ2v) is 7.63. The smallest absolute Gasteiger partial charge is 0.225 e. The van der Waals surface area contributed by atoms with Crippen LogP contribution in [-0.4, -0.2) is 29.2 Å². The predicted octanol–water partition coefficient (Wildman–Crippen LogP) is 4.03. The molecule has 0 bridgehead atoms. The van der Waals surface area contributed by atoms with E-state index in [1.54, 1.807) is 17.6 Å². The number of rotatable bonds is 4. The Morgan fingerprint density at radius 3 is 3.00 bits per heavy atom. The second kappa shape index (κ2) is 7.09. The average Bonchev–Trinajstić information content (AvgIpc) is 3.22. The molecule has 25 heavy (non-hydrogen) atoms. The molecule has 0 amide bonds. The minimum atomic E-state index is -0.0812. The van der Waals surface area contributed by atoms with Crippen LogP contribution >= 0.6 is 34.5 Å². The Bertz CT molecular complexity index is 884. The number of nitrogens with zero attached hydrogens (tertiary/aromatic N) is 2. The van der Waals surface area contributed by atoms with Crippen LogP contribution in [0.2, 0.25) is 10.3 Å². The van der Waals surface area contributed by atoms with E-state index in [1.165, 1.54) is 0 Å². The molecule has 0 saturated carbocycles. The van der Waals surface area contributed by atoms with Crippen molar-refractivity contribution in [2.45, 2.75) is 24.9 Å². The van der Waals surface area contributed by atoms with Crippen molar-refractivity contribution >= 4 is 50.6 Å². The van der Waals surface area contributed by atoms with Gasteiger partial charge < -0.3 is 20.2 Å². The van der Waals surface area contributed by atoms with Crippen molar-refractivity contribution in [2.24, 2.45) is 5.73 Å². The van der Waals surface area contributed by atoms with E-state index in [-0.39, 0.29) is 17.2 Å². The number of hydrogen-bond donors (Lipinski definition) is 2. The first kappa shape index (κ1) is 17.1. The van der Waals surface area contributed by atoms with Gasteiger partial charge in [0.15, 0.2) is 0 Å². The number of fused-ring (bicyclic) bond motifs is 1. The lowest BCUT2D eigenvalue weighted by Gasteiger charge is -2.28. The molecule has 0 aromatic carbocycles. The summed E-state index contributed by atoms with van der Waals surface area (Å²) in [5, 5.41) is 4.01. The molecule has 0 radical (unpaired) electrons. The van der Waals surface area contributed by atoms with Gasteiger partial charge in [0.1, 0.15) is 17.1 Å². The van der Waals surface area contributed by atoms with Crippen LogP contribution < -0.4 is 11.1 Å². The van der Waals surface area contributed by atoms with Gasteiger partial charge in [0.2, 0.25) is 5.28 Å². The summed E-state index contributed by atoms with van der Waals surface area (Å²) in [6, 6.07) is 3.65. The van der Waals surface area contributed by atoms with E-state index in [2.05, 4.69) is 15.3 Å². The van der Waals surface area contributed by atoms with Crippen molar-refractivity contribution in [3.8, 4) is 0 Å². The molecule has 6 nitrogen and oxygen atoms in total. The topological polar surface area (TPSA) is 86.2 Å². The van der Waals surface area contributed by atoms with Crippen LogP contribution in [0.15, 0.2) is 22.8 Å². The lowest BCUT2D eigenvalue weighted by molar-refractivity contribution is 0.0703. The minimum absolute atomic E-state index is 0.0812. The summed E-state index contributed by atoms with van der Waals surface area (Å²) >= 11 is 14.3. The van der Waals surface area contributed by atoms with Gasteiger partial charge in [0.25, 0.3) is 0 Å². The number of hydrogen-bond acceptors (Lipinski definition) is 7. The lowest BCUT2D eigenvalue weighted by Crippen LogP contribution is -2.37. The Balaban J connectivity index is 1.72. The summed E-state index contributed by atoms with van der Waals surface area (Å²) in [7, 11) is 0. The van der Waals surface area contributed by atoms with Gasteiger partial charge in [0.05, 0.1) is 29.1 Å². The van der Waals surface area contributed by atoms with E-state index in [9.17, 15) is 0 Å². The average molecular weight is 399 g/mol. The van der Waals surface area contributed by atoms with Crippen LogP contribution in [0.25, 0.3) is 10.2 Å². The molecule has 3 aromatic heterocycles. The van der Waals surface area contributed by atoms with Crippen LogP contribution in [0.3, 0.4) is 0 Å². The number of aromatic nitrogens is 2. The van der Waals surface area contributed by atoms with Crippen molar-refractivity contribution in [1.29, 1.82) is 0 Å². The standard InChI is InChI=1S/C16H16Cl2N4O2S/c17-11-12-14(25-13(11)9-3-5-23-7-10(9)19)15(22-16(18)21-12)20-6-8-2-1-4-24-8/h1-2,4,9-10H,3,5-7,19H2,(H,20,21,22)/t9-,10-/m1/s1. The lowest BCUT2D eigenvalue weighted by atomic mass is 9.94. The van der Waals surface area contributed by atoms with Crippen molar-refractivity contribution in [3.63, 3.8) is 0 Å². The predicted molar refractivity (Wildman–Crippen MR) is 99.6 cm³/mol. The summed E-state index contributed by atoms with van der Waals surface area (Å²) in [6.07, 6.45) is 2.47. The van der Waals surface area contributed by atoms with Crippen LogP contribution in [-0.2, 0) is 11.3 Å². The molecule has 132 valence electrons. The van der Waals surface area contributed by atoms with E-state index in [0.717, 1.165) is 21.8 Å². The van der Waals surface area contributed by atoms with Crippen molar-refractivity contribution in [2.75, 3.05) is 18.5 Å². The second-order valence-electron chi connectivity index (χ2n) is 5.87. The molecular formula is C16H16Cl2N4O2S. The monoisotopic (exact) mass is 398 g/mol. The number of furan rings is 1. The third-order valence-electron chi connectivity index (χ3n) is 4.22. The maximum absolute atomic E-state index is 6.62. The van der Waals surface area contributed by atoms with Crippen molar-refractivity contribution in [3.05, 3.63) is 39.3 Å². The maximum atomic E-state index is 6.62. The number of anilines is 1. The van der Waals surface area contributed by atoms with E-state index in [4.69, 9.17) is 38.1 Å². The highest BCUT2D eigenvalue weighted by molar-refractivity contribution is 7.20. The van der Waals surface area contributed by atoms with Crippen molar-refractivity contribution < 1.29 is 9.15 Å². The first-order valence-corrected chi connectivity index (χ1v) is 9.45. The Labute approximate surface area is 158 Å². The van der Waals surface area contributed by atoms with E-state index in [1.807, 2.05) is 12.1 Å². The maximum Gasteiger partial charge on any atom is 0.225 e. The summed E-state index contributed by atoms with van der Waals surface area (Å²) in [4.78, 5) is 9.65. The molecule has 1 aliphatic rings. The van der Waals surface area contributed by atoms with Crippen molar-refractivity contribution in [1.82, 2.24) is 9.97 Å². The van der Waals surface area contributed by atoms with Crippen LogP contribution in [0.4, 0.5) is 5.82 Å². The Hall–Kier alpha value is -1.38. The highest BCUT2D eigenvalue weighted by Crippen LogP contribution is 2.44. The quantitative estimate of drug-likeness (QED) is 0.645. The number of thiophene rings is 1. The summed E-state index contributed by atoms with van der Waals surface area (Å²) in [5.41, 5.74) is 6.88. The number of nitrogens with one attached hydrogen (secondary N) is 1. The Morgan fingerprint density at radius 1 is 1.36 bits per heavy atom. The number of halogens is 2. The first-order chi connectivity index (χ1) is 12.1. The molecule has 3 N–H and O–H groups in total. The van der Waals surface area contributed by atoms with E-state index < -0.39 is 0 Å². The summed E-state index contributed by atoms with van der Waals surface area (Å²) < 4.78 is 11.6. The van der Waals surface area contributed by atoms with Gasteiger partial charge in [-0.2, -0.15) is 4.98 Å². The highest BCUT2D eigenvalue weighted by atomic mass is 35.5. The molecule has 3 aromatic rings. The van der Waals surface area contributed by atoms with Crippen LogP contribution in [0.1, 0.15) is 23.0 Å². The third kappa shape index (κ3) is 3.35. The molecular weight excluding hydrogens is 383 g/mol. The van der Waals surface area contributed by atoms with Gasteiger partial charge in [-0.05, 0) is 30.2 Å². The summed E-state index contributed by atoms with van der Waals surface area (Å²) in [6.45, 7) is 1.71. The molecule has 2 atom stereocenters. The van der Waals surface area contributed by atoms with Gasteiger partial charge in [0, 0.05) is 23.4 Å². The van der Waals surface area contributed by atoms with Gasteiger partial charge in [-0.1, -0.05) is 11.6 Å². The normalized spacial score (nSPS) is 20.9. The first-order valence-electron chi connectivity index (χ1n) is 7.88. The molecule has 1 aliphatic heterocycles. The molecule has 0 unspecified atom stereocenters. The summed E-state index contributed by atoms with van der Waals surface area (Å²) in [5.74, 6) is 1.60. The SMILES string of the molecule is N[C@@H]1COCC[C@H]1c1sc2c(NCc3ccco3)nc(Cl)nc2c1Cl. The zero-order valence-corrected chi connectivity index (χ0v) is 15.5. The van der Waals surface area contributed by atoms with Gasteiger partial charge in [-0.3, -0.25) is 0 Å². The zero-order chi connectivity index (χ0) is 17.4. The van der Waals surface area contributed by atoms with Gasteiger partial charge in [-0.15, -0.1) is 11.3 Å². The largest absolute Gasteiger partial charge is 0.467 e. The van der Waals surface area contributed by atoms with Gasteiger partial charge in [-0.25, -0.2) is 4.98 Å². The number of nitrogens with two attached hydrogens (primary N) is 1. The Kier molecular flexibility index (Phi) is 4.84. The fourth-order valence-electron chi connectivity index (χ4n) is 2.97. The number of ether oxygens (including phenoxy) is 1. The zero-order valence-electron chi connectivity index (χ0n) is 13.2. The fourth-order valence-corrected chi connectivity index (χ4v) is 4.89. The van der Waals surface area contributed by atoms with Crippen LogP contribution in [0.5, 0.6) is 0 Å². The molecule has 9 heteroatoms. The molecule has 0 spiro atoms. The Morgan fingerprint density at radius 2 is 2.24 bits per heavy atom. The van der Waals surface area contributed by atoms with E-state index >= 15 is 0 Å². The molecule has 1 fully saturated rings. The fraction of sp³-hybridized carbons (Fsp3) is 0.375. The van der Waals surface area contributed by atoms with Gasteiger partial charge >= 0.3 is 0 Å².